The lowest BCUT2D eigenvalue weighted by Crippen LogP contribution is -2.20. The SMILES string of the molecule is NC(=O)COc1cc(F)c2c(c1)CC(CO)C2. The Kier molecular flexibility index (Phi) is 3.28. The predicted molar refractivity (Wildman–Crippen MR) is 59.1 cm³/mol. The van der Waals surface area contributed by atoms with Crippen LogP contribution in [0.4, 0.5) is 4.39 Å². The first-order valence-corrected chi connectivity index (χ1v) is 5.43. The molecule has 0 spiro atoms. The van der Waals surface area contributed by atoms with Crippen LogP contribution in [0.3, 0.4) is 0 Å². The third-order valence-electron chi connectivity index (χ3n) is 2.90. The standard InChI is InChI=1S/C12H14FNO3/c13-11-4-9(17-6-12(14)16)3-8-1-7(5-15)2-10(8)11/h3-4,7,15H,1-2,5-6H2,(H2,14,16). The number of amides is 1. The van der Waals surface area contributed by atoms with Crippen LogP contribution in [0.25, 0.3) is 0 Å². The minimum absolute atomic E-state index is 0.0472. The van der Waals surface area contributed by atoms with Gasteiger partial charge in [0.05, 0.1) is 0 Å². The van der Waals surface area contributed by atoms with Gasteiger partial charge in [-0.1, -0.05) is 0 Å². The van der Waals surface area contributed by atoms with Gasteiger partial charge < -0.3 is 15.6 Å². The summed E-state index contributed by atoms with van der Waals surface area (Å²) in [4.78, 5) is 10.6. The number of hydrogen-bond acceptors (Lipinski definition) is 3. The first-order valence-electron chi connectivity index (χ1n) is 5.43. The van der Waals surface area contributed by atoms with Crippen LogP contribution in [0.2, 0.25) is 0 Å². The van der Waals surface area contributed by atoms with Gasteiger partial charge in [0.15, 0.2) is 6.61 Å². The van der Waals surface area contributed by atoms with Gasteiger partial charge in [-0.05, 0) is 36.0 Å². The predicted octanol–water partition coefficient (Wildman–Crippen LogP) is 0.397. The molecule has 1 unspecified atom stereocenters. The van der Waals surface area contributed by atoms with Gasteiger partial charge in [-0.3, -0.25) is 4.79 Å². The second kappa shape index (κ2) is 4.71. The average molecular weight is 239 g/mol. The molecule has 1 atom stereocenters. The van der Waals surface area contributed by atoms with E-state index in [1.165, 1.54) is 6.07 Å². The van der Waals surface area contributed by atoms with Gasteiger partial charge in [-0.2, -0.15) is 0 Å². The molecule has 1 aromatic rings. The Morgan fingerprint density at radius 3 is 2.94 bits per heavy atom. The van der Waals surface area contributed by atoms with Crippen LogP contribution in [-0.2, 0) is 17.6 Å². The van der Waals surface area contributed by atoms with Crippen LogP contribution < -0.4 is 10.5 Å². The van der Waals surface area contributed by atoms with Gasteiger partial charge in [-0.15, -0.1) is 0 Å². The Morgan fingerprint density at radius 1 is 1.53 bits per heavy atom. The first kappa shape index (κ1) is 11.9. The Labute approximate surface area is 98.2 Å². The van der Waals surface area contributed by atoms with Crippen molar-refractivity contribution in [2.75, 3.05) is 13.2 Å². The summed E-state index contributed by atoms with van der Waals surface area (Å²) in [5.74, 6) is -0.568. The number of rotatable bonds is 4. The summed E-state index contributed by atoms with van der Waals surface area (Å²) in [6.45, 7) is -0.215. The number of nitrogens with two attached hydrogens (primary N) is 1. The summed E-state index contributed by atoms with van der Waals surface area (Å²) in [6.07, 6.45) is 1.18. The van der Waals surface area contributed by atoms with Crippen molar-refractivity contribution in [3.8, 4) is 5.75 Å². The summed E-state index contributed by atoms with van der Waals surface area (Å²) in [7, 11) is 0. The quantitative estimate of drug-likeness (QED) is 0.798. The van der Waals surface area contributed by atoms with Crippen molar-refractivity contribution in [2.24, 2.45) is 11.7 Å². The van der Waals surface area contributed by atoms with E-state index in [0.717, 1.165) is 5.56 Å². The number of benzene rings is 1. The molecule has 5 heteroatoms. The Balaban J connectivity index is 2.18. The van der Waals surface area contributed by atoms with Crippen LogP contribution in [0, 0.1) is 11.7 Å². The zero-order valence-corrected chi connectivity index (χ0v) is 9.28. The van der Waals surface area contributed by atoms with E-state index in [0.29, 0.717) is 24.2 Å². The summed E-state index contributed by atoms with van der Waals surface area (Å²) < 4.78 is 18.8. The Hall–Kier alpha value is -1.62. The van der Waals surface area contributed by atoms with Gasteiger partial charge in [0, 0.05) is 12.7 Å². The molecular weight excluding hydrogens is 225 g/mol. The molecule has 1 aromatic carbocycles. The third-order valence-corrected chi connectivity index (χ3v) is 2.90. The second-order valence-corrected chi connectivity index (χ2v) is 4.25. The molecule has 4 nitrogen and oxygen atoms in total. The fourth-order valence-corrected chi connectivity index (χ4v) is 2.12. The molecule has 1 aliphatic carbocycles. The number of primary amides is 1. The lowest BCUT2D eigenvalue weighted by Gasteiger charge is -2.07. The van der Waals surface area contributed by atoms with E-state index in [4.69, 9.17) is 15.6 Å². The van der Waals surface area contributed by atoms with Crippen molar-refractivity contribution in [1.29, 1.82) is 0 Å². The number of halogens is 1. The highest BCUT2D eigenvalue weighted by molar-refractivity contribution is 5.75. The summed E-state index contributed by atoms with van der Waals surface area (Å²) in [5, 5.41) is 9.06. The lowest BCUT2D eigenvalue weighted by atomic mass is 10.1. The number of carbonyl (C=O) groups excluding carboxylic acids is 1. The van der Waals surface area contributed by atoms with Gasteiger partial charge in [0.1, 0.15) is 11.6 Å². The van der Waals surface area contributed by atoms with Crippen molar-refractivity contribution in [3.05, 3.63) is 29.1 Å². The van der Waals surface area contributed by atoms with E-state index in [2.05, 4.69) is 0 Å². The average Bonchev–Trinajstić information content (AvgIpc) is 2.70. The highest BCUT2D eigenvalue weighted by Gasteiger charge is 2.24. The van der Waals surface area contributed by atoms with Crippen LogP contribution in [0.1, 0.15) is 11.1 Å². The number of aliphatic hydroxyl groups is 1. The summed E-state index contributed by atoms with van der Waals surface area (Å²) in [5.41, 5.74) is 6.42. The van der Waals surface area contributed by atoms with E-state index in [-0.39, 0.29) is 24.9 Å². The second-order valence-electron chi connectivity index (χ2n) is 4.25. The van der Waals surface area contributed by atoms with E-state index < -0.39 is 5.91 Å². The molecule has 1 aliphatic rings. The largest absolute Gasteiger partial charge is 0.484 e. The highest BCUT2D eigenvalue weighted by atomic mass is 19.1. The minimum Gasteiger partial charge on any atom is -0.484 e. The molecule has 1 amide bonds. The van der Waals surface area contributed by atoms with Crippen LogP contribution in [-0.4, -0.2) is 24.2 Å². The van der Waals surface area contributed by atoms with Gasteiger partial charge in [0.2, 0.25) is 0 Å². The fourth-order valence-electron chi connectivity index (χ4n) is 2.12. The normalized spacial score (nSPS) is 17.9. The molecular formula is C12H14FNO3. The van der Waals surface area contributed by atoms with Gasteiger partial charge in [-0.25, -0.2) is 4.39 Å². The maximum Gasteiger partial charge on any atom is 0.255 e. The Morgan fingerprint density at radius 2 is 2.29 bits per heavy atom. The molecule has 0 bridgehead atoms. The third kappa shape index (κ3) is 2.55. The number of carbonyl (C=O) groups is 1. The molecule has 0 heterocycles. The topological polar surface area (TPSA) is 72.6 Å². The van der Waals surface area contributed by atoms with Crippen molar-refractivity contribution < 1.29 is 19.0 Å². The fraction of sp³-hybridized carbons (Fsp3) is 0.417. The number of aliphatic hydroxyl groups excluding tert-OH is 1. The lowest BCUT2D eigenvalue weighted by molar-refractivity contribution is -0.119. The number of fused-ring (bicyclic) bond motifs is 1. The van der Waals surface area contributed by atoms with E-state index in [1.54, 1.807) is 6.07 Å². The molecule has 2 rings (SSSR count). The van der Waals surface area contributed by atoms with Crippen molar-refractivity contribution in [1.82, 2.24) is 0 Å². The minimum atomic E-state index is -0.598. The van der Waals surface area contributed by atoms with Crippen molar-refractivity contribution in [3.63, 3.8) is 0 Å². The molecule has 0 aromatic heterocycles. The van der Waals surface area contributed by atoms with Crippen molar-refractivity contribution >= 4 is 5.91 Å². The summed E-state index contributed by atoms with van der Waals surface area (Å²) >= 11 is 0. The maximum atomic E-state index is 13.7. The molecule has 0 radical (unpaired) electrons. The highest BCUT2D eigenvalue weighted by Crippen LogP contribution is 2.32. The zero-order valence-electron chi connectivity index (χ0n) is 9.28. The zero-order chi connectivity index (χ0) is 12.4. The molecule has 0 saturated carbocycles. The smallest absolute Gasteiger partial charge is 0.255 e. The Bertz CT molecular complexity index is 448. The maximum absolute atomic E-state index is 13.7. The van der Waals surface area contributed by atoms with Crippen LogP contribution >= 0.6 is 0 Å². The molecule has 0 aliphatic heterocycles. The molecule has 92 valence electrons. The summed E-state index contributed by atoms with van der Waals surface area (Å²) in [6, 6.07) is 2.96. The molecule has 17 heavy (non-hydrogen) atoms. The van der Waals surface area contributed by atoms with Crippen LogP contribution in [0.15, 0.2) is 12.1 Å². The molecule has 3 N–H and O–H groups in total. The molecule has 0 saturated heterocycles. The monoisotopic (exact) mass is 239 g/mol. The van der Waals surface area contributed by atoms with E-state index >= 15 is 0 Å². The van der Waals surface area contributed by atoms with E-state index in [9.17, 15) is 9.18 Å². The van der Waals surface area contributed by atoms with Crippen molar-refractivity contribution in [2.45, 2.75) is 12.8 Å². The molecule has 0 fully saturated rings. The first-order chi connectivity index (χ1) is 8.10. The van der Waals surface area contributed by atoms with Gasteiger partial charge >= 0.3 is 0 Å². The van der Waals surface area contributed by atoms with Crippen LogP contribution in [0.5, 0.6) is 5.75 Å². The number of hydrogen-bond donors (Lipinski definition) is 2. The van der Waals surface area contributed by atoms with E-state index in [1.807, 2.05) is 0 Å². The van der Waals surface area contributed by atoms with Gasteiger partial charge in [0.25, 0.3) is 5.91 Å². The number of ether oxygens (including phenoxy) is 1.